The third-order valence-electron chi connectivity index (χ3n) is 2.24. The molecule has 0 aromatic carbocycles. The van der Waals surface area contributed by atoms with Crippen LogP contribution in [-0.2, 0) is 0 Å². The maximum atomic E-state index is 9.45. The molecule has 0 amide bonds. The van der Waals surface area contributed by atoms with E-state index in [9.17, 15) is 5.11 Å². The summed E-state index contributed by atoms with van der Waals surface area (Å²) in [6, 6.07) is 0. The number of hydrogen-bond acceptors (Lipinski definition) is 1. The van der Waals surface area contributed by atoms with Crippen LogP contribution in [0.5, 0.6) is 0 Å². The maximum Gasteiger partial charge on any atom is 0.0833 e. The Balaban J connectivity index is 2.33. The topological polar surface area (TPSA) is 20.2 Å². The Morgan fingerprint density at radius 1 is 1.62 bits per heavy atom. The van der Waals surface area contributed by atoms with Gasteiger partial charge in [0.15, 0.2) is 0 Å². The third kappa shape index (κ3) is 0.451. The van der Waals surface area contributed by atoms with E-state index >= 15 is 0 Å². The second-order valence-corrected chi connectivity index (χ2v) is 2.97. The Labute approximate surface area is 49.0 Å². The van der Waals surface area contributed by atoms with Crippen LogP contribution in [0.2, 0.25) is 0 Å². The Morgan fingerprint density at radius 2 is 2.50 bits per heavy atom. The summed E-state index contributed by atoms with van der Waals surface area (Å²) in [4.78, 5) is 0. The Hall–Kier alpha value is -0.300. The van der Waals surface area contributed by atoms with E-state index in [0.717, 1.165) is 12.8 Å². The SMILES string of the molecule is O[C@]12C=C[C@H](CC1)C2. The van der Waals surface area contributed by atoms with E-state index in [0.29, 0.717) is 5.92 Å². The molecule has 8 heavy (non-hydrogen) atoms. The zero-order valence-corrected chi connectivity index (χ0v) is 4.80. The number of fused-ring (bicyclic) bond motifs is 2. The lowest BCUT2D eigenvalue weighted by molar-refractivity contribution is 0.103. The lowest BCUT2D eigenvalue weighted by Gasteiger charge is -2.13. The maximum absolute atomic E-state index is 9.45. The van der Waals surface area contributed by atoms with Gasteiger partial charge in [-0.05, 0) is 25.2 Å². The van der Waals surface area contributed by atoms with Gasteiger partial charge in [-0.1, -0.05) is 12.2 Å². The summed E-state index contributed by atoms with van der Waals surface area (Å²) < 4.78 is 0. The fourth-order valence-electron chi connectivity index (χ4n) is 1.72. The molecule has 1 saturated carbocycles. The summed E-state index contributed by atoms with van der Waals surface area (Å²) in [6.07, 6.45) is 7.29. The fourth-order valence-corrected chi connectivity index (χ4v) is 1.72. The van der Waals surface area contributed by atoms with Crippen molar-refractivity contribution in [3.8, 4) is 0 Å². The zero-order chi connectivity index (χ0) is 5.61. The van der Waals surface area contributed by atoms with E-state index in [1.807, 2.05) is 6.08 Å². The van der Waals surface area contributed by atoms with Crippen LogP contribution < -0.4 is 0 Å². The summed E-state index contributed by atoms with van der Waals surface area (Å²) in [5.74, 6) is 0.708. The second-order valence-electron chi connectivity index (χ2n) is 2.97. The summed E-state index contributed by atoms with van der Waals surface area (Å²) in [7, 11) is 0. The minimum absolute atomic E-state index is 0.370. The highest BCUT2D eigenvalue weighted by Gasteiger charge is 2.38. The van der Waals surface area contributed by atoms with Gasteiger partial charge in [-0.25, -0.2) is 0 Å². The smallest absolute Gasteiger partial charge is 0.0833 e. The van der Waals surface area contributed by atoms with Gasteiger partial charge in [0.1, 0.15) is 0 Å². The normalized spacial score (nSPS) is 50.9. The first-order chi connectivity index (χ1) is 3.79. The molecule has 1 heteroatoms. The van der Waals surface area contributed by atoms with Gasteiger partial charge in [0, 0.05) is 0 Å². The molecule has 2 aliphatic rings. The van der Waals surface area contributed by atoms with Crippen molar-refractivity contribution in [1.82, 2.24) is 0 Å². The molecule has 1 nitrogen and oxygen atoms in total. The van der Waals surface area contributed by atoms with Gasteiger partial charge in [0.2, 0.25) is 0 Å². The molecular weight excluding hydrogens is 100 g/mol. The van der Waals surface area contributed by atoms with E-state index in [1.54, 1.807) is 0 Å². The van der Waals surface area contributed by atoms with Crippen LogP contribution in [-0.4, -0.2) is 10.7 Å². The minimum Gasteiger partial charge on any atom is -0.386 e. The van der Waals surface area contributed by atoms with E-state index in [4.69, 9.17) is 0 Å². The molecule has 2 atom stereocenters. The molecule has 2 aliphatic carbocycles. The van der Waals surface area contributed by atoms with Gasteiger partial charge in [0.25, 0.3) is 0 Å². The molecule has 2 rings (SSSR count). The quantitative estimate of drug-likeness (QED) is 0.463. The number of rotatable bonds is 0. The molecular formula is C7H10O. The van der Waals surface area contributed by atoms with Gasteiger partial charge in [-0.2, -0.15) is 0 Å². The lowest BCUT2D eigenvalue weighted by atomic mass is 10.0. The van der Waals surface area contributed by atoms with Crippen LogP contribution in [0.25, 0.3) is 0 Å². The largest absolute Gasteiger partial charge is 0.386 e. The molecule has 0 saturated heterocycles. The van der Waals surface area contributed by atoms with Crippen LogP contribution in [0.3, 0.4) is 0 Å². The molecule has 0 aliphatic heterocycles. The van der Waals surface area contributed by atoms with Crippen molar-refractivity contribution in [1.29, 1.82) is 0 Å². The first-order valence-electron chi connectivity index (χ1n) is 3.20. The molecule has 1 fully saturated rings. The predicted octanol–water partition coefficient (Wildman–Crippen LogP) is 1.09. The molecule has 0 aromatic rings. The minimum atomic E-state index is -0.370. The predicted molar refractivity (Wildman–Crippen MR) is 31.4 cm³/mol. The molecule has 44 valence electrons. The van der Waals surface area contributed by atoms with Crippen molar-refractivity contribution in [2.24, 2.45) is 5.92 Å². The van der Waals surface area contributed by atoms with E-state index < -0.39 is 0 Å². The summed E-state index contributed by atoms with van der Waals surface area (Å²) in [5, 5.41) is 9.45. The van der Waals surface area contributed by atoms with Gasteiger partial charge in [-0.15, -0.1) is 0 Å². The van der Waals surface area contributed by atoms with Crippen LogP contribution >= 0.6 is 0 Å². The van der Waals surface area contributed by atoms with Crippen LogP contribution in [0.15, 0.2) is 12.2 Å². The molecule has 2 bridgehead atoms. The van der Waals surface area contributed by atoms with Crippen molar-refractivity contribution in [2.45, 2.75) is 24.9 Å². The van der Waals surface area contributed by atoms with Crippen molar-refractivity contribution in [3.63, 3.8) is 0 Å². The molecule has 0 radical (unpaired) electrons. The molecule has 0 aromatic heterocycles. The number of hydrogen-bond donors (Lipinski definition) is 1. The molecule has 1 N–H and O–H groups in total. The molecule has 0 spiro atoms. The summed E-state index contributed by atoms with van der Waals surface area (Å²) >= 11 is 0. The van der Waals surface area contributed by atoms with Crippen LogP contribution in [0, 0.1) is 5.92 Å². The van der Waals surface area contributed by atoms with Gasteiger partial charge in [0.05, 0.1) is 5.60 Å². The zero-order valence-electron chi connectivity index (χ0n) is 4.80. The van der Waals surface area contributed by atoms with Gasteiger partial charge < -0.3 is 5.11 Å². The first-order valence-corrected chi connectivity index (χ1v) is 3.20. The number of aliphatic hydroxyl groups is 1. The Kier molecular flexibility index (Phi) is 0.662. The van der Waals surface area contributed by atoms with E-state index in [-0.39, 0.29) is 5.60 Å². The van der Waals surface area contributed by atoms with Gasteiger partial charge in [-0.3, -0.25) is 0 Å². The molecule has 0 heterocycles. The van der Waals surface area contributed by atoms with Crippen LogP contribution in [0.1, 0.15) is 19.3 Å². The van der Waals surface area contributed by atoms with Crippen molar-refractivity contribution >= 4 is 0 Å². The van der Waals surface area contributed by atoms with E-state index in [1.165, 1.54) is 6.42 Å². The first kappa shape index (κ1) is 4.57. The summed E-state index contributed by atoms with van der Waals surface area (Å²) in [6.45, 7) is 0. The second kappa shape index (κ2) is 1.16. The standard InChI is InChI=1S/C7H10O/c8-7-3-1-6(5-7)2-4-7/h1,3,6,8H,2,4-5H2/t6-,7-/m1/s1. The van der Waals surface area contributed by atoms with Crippen molar-refractivity contribution in [2.75, 3.05) is 0 Å². The highest BCUT2D eigenvalue weighted by Crippen LogP contribution is 2.41. The average molecular weight is 110 g/mol. The lowest BCUT2D eigenvalue weighted by Crippen LogP contribution is -2.17. The van der Waals surface area contributed by atoms with Crippen molar-refractivity contribution < 1.29 is 5.11 Å². The van der Waals surface area contributed by atoms with Crippen molar-refractivity contribution in [3.05, 3.63) is 12.2 Å². The monoisotopic (exact) mass is 110 g/mol. The van der Waals surface area contributed by atoms with Crippen LogP contribution in [0.4, 0.5) is 0 Å². The average Bonchev–Trinajstić information content (AvgIpc) is 2.21. The highest BCUT2D eigenvalue weighted by molar-refractivity contribution is 5.16. The third-order valence-corrected chi connectivity index (χ3v) is 2.24. The molecule has 0 unspecified atom stereocenters. The Morgan fingerprint density at radius 3 is 2.62 bits per heavy atom. The highest BCUT2D eigenvalue weighted by atomic mass is 16.3. The number of allylic oxidation sites excluding steroid dienone is 1. The van der Waals surface area contributed by atoms with E-state index in [2.05, 4.69) is 6.08 Å². The summed E-state index contributed by atoms with van der Waals surface area (Å²) in [5.41, 5.74) is -0.370. The van der Waals surface area contributed by atoms with Gasteiger partial charge >= 0.3 is 0 Å². The Bertz CT molecular complexity index is 139. The fraction of sp³-hybridized carbons (Fsp3) is 0.714.